The van der Waals surface area contributed by atoms with Crippen LogP contribution in [0.2, 0.25) is 5.02 Å². The molecule has 0 aliphatic rings. The van der Waals surface area contributed by atoms with Crippen molar-refractivity contribution in [2.45, 2.75) is 34.2 Å². The number of hydrogen-bond acceptors (Lipinski definition) is 4. The summed E-state index contributed by atoms with van der Waals surface area (Å²) in [6.07, 6.45) is 0. The van der Waals surface area contributed by atoms with Gasteiger partial charge in [0.1, 0.15) is 10.6 Å². The highest BCUT2D eigenvalue weighted by Gasteiger charge is 2.18. The first-order chi connectivity index (χ1) is 12.6. The van der Waals surface area contributed by atoms with Gasteiger partial charge >= 0.3 is 0 Å². The summed E-state index contributed by atoms with van der Waals surface area (Å²) in [6.45, 7) is 8.25. The van der Waals surface area contributed by atoms with E-state index in [2.05, 4.69) is 20.5 Å². The van der Waals surface area contributed by atoms with Crippen LogP contribution in [0.25, 0.3) is 20.4 Å². The number of halogens is 2. The molecule has 26 heavy (non-hydrogen) atoms. The van der Waals surface area contributed by atoms with Gasteiger partial charge in [0.15, 0.2) is 5.82 Å². The van der Waals surface area contributed by atoms with E-state index in [0.717, 1.165) is 31.7 Å². The quantitative estimate of drug-likeness (QED) is 0.436. The Bertz CT molecular complexity index is 1070. The predicted molar refractivity (Wildman–Crippen MR) is 109 cm³/mol. The molecule has 0 radical (unpaired) electrons. The van der Waals surface area contributed by atoms with Crippen molar-refractivity contribution < 1.29 is 4.39 Å². The molecule has 0 fully saturated rings. The van der Waals surface area contributed by atoms with E-state index in [9.17, 15) is 4.39 Å². The number of rotatable bonds is 3. The third kappa shape index (κ3) is 3.15. The van der Waals surface area contributed by atoms with E-state index >= 15 is 0 Å². The van der Waals surface area contributed by atoms with Crippen LogP contribution in [-0.4, -0.2) is 15.2 Å². The Labute approximate surface area is 160 Å². The number of anilines is 1. The first-order valence-electron chi connectivity index (χ1n) is 8.47. The third-order valence-corrected chi connectivity index (χ3v) is 5.73. The highest BCUT2D eigenvalue weighted by molar-refractivity contribution is 7.26. The van der Waals surface area contributed by atoms with Crippen LogP contribution in [0.1, 0.15) is 30.7 Å². The number of nitrogens with one attached hydrogen (secondary N) is 2. The fourth-order valence-corrected chi connectivity index (χ4v) is 4.14. The first-order valence-corrected chi connectivity index (χ1v) is 9.66. The molecule has 0 aliphatic heterocycles. The zero-order valence-corrected chi connectivity index (χ0v) is 16.6. The van der Waals surface area contributed by atoms with Crippen molar-refractivity contribution in [1.29, 1.82) is 0 Å². The van der Waals surface area contributed by atoms with Gasteiger partial charge in [0.25, 0.3) is 0 Å². The fourth-order valence-electron chi connectivity index (χ4n) is 2.80. The van der Waals surface area contributed by atoms with Crippen molar-refractivity contribution >= 4 is 49.2 Å². The van der Waals surface area contributed by atoms with Gasteiger partial charge in [-0.15, -0.1) is 11.3 Å². The lowest BCUT2D eigenvalue weighted by Gasteiger charge is -2.04. The second-order valence-corrected chi connectivity index (χ2v) is 7.02. The number of fused-ring (bicyclic) bond motifs is 3. The summed E-state index contributed by atoms with van der Waals surface area (Å²) >= 11 is 7.88. The summed E-state index contributed by atoms with van der Waals surface area (Å²) < 4.78 is 14.7. The Morgan fingerprint density at radius 3 is 2.69 bits per heavy atom. The molecule has 2 N–H and O–H groups in total. The molecule has 0 saturated carbocycles. The van der Waals surface area contributed by atoms with Crippen molar-refractivity contribution in [1.82, 2.24) is 15.2 Å². The molecule has 1 aromatic carbocycles. The van der Waals surface area contributed by atoms with Crippen LogP contribution in [0, 0.1) is 19.7 Å². The van der Waals surface area contributed by atoms with Crippen LogP contribution < -0.4 is 5.32 Å². The maximum absolute atomic E-state index is 13.8. The second-order valence-electron chi connectivity index (χ2n) is 5.64. The Balaban J connectivity index is 0.000000948. The SMILES string of the molecule is CC.Cc1nc2sc3c(NCc4ccccc4F)n[nH]c3c2c(C)c1Cl. The molecule has 7 heteroatoms. The Morgan fingerprint density at radius 2 is 1.96 bits per heavy atom. The van der Waals surface area contributed by atoms with Crippen LogP contribution >= 0.6 is 22.9 Å². The molecule has 0 unspecified atom stereocenters. The molecule has 0 bridgehead atoms. The third-order valence-electron chi connectivity index (χ3n) is 4.08. The van der Waals surface area contributed by atoms with E-state index in [-0.39, 0.29) is 5.82 Å². The Hall–Kier alpha value is -2.18. The lowest BCUT2D eigenvalue weighted by Crippen LogP contribution is -2.01. The average Bonchev–Trinajstić information content (AvgIpc) is 3.20. The molecule has 4 aromatic rings. The van der Waals surface area contributed by atoms with Gasteiger partial charge in [-0.1, -0.05) is 43.6 Å². The van der Waals surface area contributed by atoms with E-state index < -0.39 is 0 Å². The number of hydrogen-bond donors (Lipinski definition) is 2. The van der Waals surface area contributed by atoms with Gasteiger partial charge in [-0.3, -0.25) is 5.10 Å². The van der Waals surface area contributed by atoms with Gasteiger partial charge in [0.05, 0.1) is 20.9 Å². The molecule has 3 aromatic heterocycles. The van der Waals surface area contributed by atoms with Crippen molar-refractivity contribution in [3.8, 4) is 0 Å². The first kappa shape index (κ1) is 18.6. The zero-order chi connectivity index (χ0) is 18.8. The smallest absolute Gasteiger partial charge is 0.166 e. The van der Waals surface area contributed by atoms with E-state index in [1.807, 2.05) is 33.8 Å². The highest BCUT2D eigenvalue weighted by atomic mass is 35.5. The molecular weight excluding hydrogens is 371 g/mol. The summed E-state index contributed by atoms with van der Waals surface area (Å²) in [5.74, 6) is 0.470. The highest BCUT2D eigenvalue weighted by Crippen LogP contribution is 2.39. The maximum Gasteiger partial charge on any atom is 0.166 e. The minimum Gasteiger partial charge on any atom is -0.363 e. The molecule has 0 amide bonds. The lowest BCUT2D eigenvalue weighted by atomic mass is 10.1. The summed E-state index contributed by atoms with van der Waals surface area (Å²) in [7, 11) is 0. The maximum atomic E-state index is 13.8. The van der Waals surface area contributed by atoms with Crippen LogP contribution in [0.4, 0.5) is 10.2 Å². The Kier molecular flexibility index (Phi) is 5.44. The number of aromatic amines is 1. The summed E-state index contributed by atoms with van der Waals surface area (Å²) in [5, 5.41) is 12.3. The zero-order valence-electron chi connectivity index (χ0n) is 15.1. The van der Waals surface area contributed by atoms with Crippen LogP contribution in [0.3, 0.4) is 0 Å². The standard InChI is InChI=1S/C17H14ClFN4S.C2H6/c1-8-12-14-15(24-17(12)21-9(2)13(8)18)16(23-22-14)20-7-10-5-3-4-6-11(10)19;1-2/h3-6H,7H2,1-2H3,(H2,20,22,23);1-2H3. The van der Waals surface area contributed by atoms with E-state index in [0.29, 0.717) is 22.9 Å². The number of benzene rings is 1. The van der Waals surface area contributed by atoms with Crippen molar-refractivity contribution in [2.75, 3.05) is 5.32 Å². The minimum absolute atomic E-state index is 0.229. The van der Waals surface area contributed by atoms with Gasteiger partial charge in [0.2, 0.25) is 0 Å². The van der Waals surface area contributed by atoms with Crippen molar-refractivity contribution in [3.05, 3.63) is 51.9 Å². The molecule has 0 saturated heterocycles. The van der Waals surface area contributed by atoms with Gasteiger partial charge in [-0.05, 0) is 25.5 Å². The van der Waals surface area contributed by atoms with Crippen LogP contribution in [-0.2, 0) is 6.54 Å². The number of nitrogens with zero attached hydrogens (tertiary/aromatic N) is 2. The topological polar surface area (TPSA) is 53.6 Å². The minimum atomic E-state index is -0.229. The Morgan fingerprint density at radius 1 is 1.23 bits per heavy atom. The van der Waals surface area contributed by atoms with Crippen molar-refractivity contribution in [3.63, 3.8) is 0 Å². The summed E-state index contributed by atoms with van der Waals surface area (Å²) in [4.78, 5) is 5.49. The molecule has 4 rings (SSSR count). The summed E-state index contributed by atoms with van der Waals surface area (Å²) in [6, 6.07) is 6.70. The lowest BCUT2D eigenvalue weighted by molar-refractivity contribution is 0.613. The van der Waals surface area contributed by atoms with Gasteiger partial charge < -0.3 is 5.32 Å². The molecule has 4 nitrogen and oxygen atoms in total. The number of H-pyrrole nitrogens is 1. The number of thiophene rings is 1. The average molecular weight is 391 g/mol. The van der Waals surface area contributed by atoms with E-state index in [1.54, 1.807) is 23.5 Å². The number of aryl methyl sites for hydroxylation is 2. The molecular formula is C19H20ClFN4S. The van der Waals surface area contributed by atoms with Crippen molar-refractivity contribution in [2.24, 2.45) is 0 Å². The molecule has 0 aliphatic carbocycles. The molecule has 136 valence electrons. The summed E-state index contributed by atoms with van der Waals surface area (Å²) in [5.41, 5.74) is 3.33. The number of aromatic nitrogens is 3. The van der Waals surface area contributed by atoms with E-state index in [4.69, 9.17) is 11.6 Å². The van der Waals surface area contributed by atoms with Gasteiger partial charge in [-0.2, -0.15) is 5.10 Å². The second kappa shape index (κ2) is 7.60. The number of pyridine rings is 1. The van der Waals surface area contributed by atoms with E-state index in [1.165, 1.54) is 6.07 Å². The van der Waals surface area contributed by atoms with Crippen LogP contribution in [0.5, 0.6) is 0 Å². The fraction of sp³-hybridized carbons (Fsp3) is 0.263. The molecule has 0 spiro atoms. The van der Waals surface area contributed by atoms with Gasteiger partial charge in [-0.25, -0.2) is 9.37 Å². The largest absolute Gasteiger partial charge is 0.363 e. The molecule has 3 heterocycles. The normalized spacial score (nSPS) is 10.8. The monoisotopic (exact) mass is 390 g/mol. The van der Waals surface area contributed by atoms with Crippen LogP contribution in [0.15, 0.2) is 24.3 Å². The van der Waals surface area contributed by atoms with Gasteiger partial charge in [0, 0.05) is 17.5 Å². The predicted octanol–water partition coefficient (Wildman–Crippen LogP) is 6.22. The molecule has 0 atom stereocenters.